The van der Waals surface area contributed by atoms with Crippen molar-refractivity contribution in [2.75, 3.05) is 38.8 Å². The smallest absolute Gasteiger partial charge is 0.255 e. The highest BCUT2D eigenvalue weighted by molar-refractivity contribution is 5.95. The van der Waals surface area contributed by atoms with Crippen LogP contribution in [0.3, 0.4) is 0 Å². The highest BCUT2D eigenvalue weighted by Crippen LogP contribution is 2.38. The van der Waals surface area contributed by atoms with Gasteiger partial charge in [0.15, 0.2) is 18.1 Å². The number of anilines is 1. The van der Waals surface area contributed by atoms with Gasteiger partial charge in [0.05, 0.1) is 26.4 Å². The summed E-state index contributed by atoms with van der Waals surface area (Å²) in [5.41, 5.74) is 6.32. The van der Waals surface area contributed by atoms with E-state index in [1.165, 1.54) is 26.4 Å². The summed E-state index contributed by atoms with van der Waals surface area (Å²) in [6.07, 6.45) is 2.05. The summed E-state index contributed by atoms with van der Waals surface area (Å²) in [5, 5.41) is 2.86. The molecule has 2 heterocycles. The van der Waals surface area contributed by atoms with E-state index in [-0.39, 0.29) is 42.0 Å². The summed E-state index contributed by atoms with van der Waals surface area (Å²) in [5.74, 6) is 0.614. The van der Waals surface area contributed by atoms with Gasteiger partial charge in [-0.1, -0.05) is 6.07 Å². The van der Waals surface area contributed by atoms with Crippen LogP contribution in [0.2, 0.25) is 0 Å². The van der Waals surface area contributed by atoms with Crippen molar-refractivity contribution in [1.82, 2.24) is 10.3 Å². The van der Waals surface area contributed by atoms with Crippen LogP contribution in [-0.4, -0.2) is 62.9 Å². The maximum absolute atomic E-state index is 12.7. The maximum atomic E-state index is 12.7. The van der Waals surface area contributed by atoms with Gasteiger partial charge >= 0.3 is 0 Å². The molecule has 3 rings (SSSR count). The Morgan fingerprint density at radius 3 is 2.30 bits per heavy atom. The zero-order valence-electron chi connectivity index (χ0n) is 19.3. The fourth-order valence-electron chi connectivity index (χ4n) is 3.65. The van der Waals surface area contributed by atoms with E-state index in [4.69, 9.17) is 24.7 Å². The molecule has 2 atom stereocenters. The number of nitrogens with two attached hydrogens (primary N) is 1. The predicted octanol–water partition coefficient (Wildman–Crippen LogP) is 1.51. The topological polar surface area (TPSA) is 125 Å². The molecule has 2 unspecified atom stereocenters. The van der Waals surface area contributed by atoms with Crippen LogP contribution in [0, 0.1) is 0 Å². The van der Waals surface area contributed by atoms with Gasteiger partial charge in [-0.25, -0.2) is 4.98 Å². The number of rotatable bonds is 9. The Balaban J connectivity index is 1.66. The van der Waals surface area contributed by atoms with Crippen molar-refractivity contribution >= 4 is 17.6 Å². The van der Waals surface area contributed by atoms with Crippen molar-refractivity contribution < 1.29 is 28.5 Å². The number of hydrogen-bond acceptors (Lipinski definition) is 8. The zero-order valence-corrected chi connectivity index (χ0v) is 19.3. The van der Waals surface area contributed by atoms with Crippen molar-refractivity contribution in [3.05, 3.63) is 41.6 Å². The number of hydrogen-bond donors (Lipinski definition) is 2. The quantitative estimate of drug-likeness (QED) is 0.579. The van der Waals surface area contributed by atoms with Crippen molar-refractivity contribution in [3.63, 3.8) is 0 Å². The normalized spacial score (nSPS) is 17.9. The number of nitrogens with zero attached hydrogens (tertiary/aromatic N) is 2. The van der Waals surface area contributed by atoms with E-state index >= 15 is 0 Å². The van der Waals surface area contributed by atoms with Gasteiger partial charge in [-0.3, -0.25) is 9.59 Å². The van der Waals surface area contributed by atoms with Gasteiger partial charge in [-0.2, -0.15) is 0 Å². The highest BCUT2D eigenvalue weighted by atomic mass is 16.5. The van der Waals surface area contributed by atoms with Gasteiger partial charge in [0.25, 0.3) is 11.8 Å². The molecule has 1 saturated heterocycles. The first-order valence-corrected chi connectivity index (χ1v) is 10.6. The predicted molar refractivity (Wildman–Crippen MR) is 122 cm³/mol. The summed E-state index contributed by atoms with van der Waals surface area (Å²) >= 11 is 0. The van der Waals surface area contributed by atoms with Gasteiger partial charge in [0.1, 0.15) is 5.82 Å². The monoisotopic (exact) mass is 458 g/mol. The molecular weight excluding hydrogens is 428 g/mol. The van der Waals surface area contributed by atoms with E-state index in [1.54, 1.807) is 6.20 Å². The molecule has 3 N–H and O–H groups in total. The summed E-state index contributed by atoms with van der Waals surface area (Å²) in [6, 6.07) is 6.91. The maximum Gasteiger partial charge on any atom is 0.255 e. The van der Waals surface area contributed by atoms with E-state index in [0.717, 1.165) is 24.5 Å². The molecule has 0 aliphatic carbocycles. The van der Waals surface area contributed by atoms with Crippen LogP contribution in [0.15, 0.2) is 30.5 Å². The molecule has 1 aliphatic rings. The molecule has 0 radical (unpaired) electrons. The van der Waals surface area contributed by atoms with Crippen LogP contribution in [0.25, 0.3) is 0 Å². The Bertz CT molecular complexity index is 946. The second-order valence-electron chi connectivity index (χ2n) is 7.83. The number of methoxy groups -OCH3 is 2. The number of carbonyl (C=O) groups excluding carboxylic acids is 2. The van der Waals surface area contributed by atoms with Crippen LogP contribution in [0.1, 0.15) is 29.8 Å². The van der Waals surface area contributed by atoms with Crippen LogP contribution < -0.4 is 30.2 Å². The molecule has 10 heteroatoms. The number of pyridine rings is 1. The van der Waals surface area contributed by atoms with Crippen molar-refractivity contribution in [2.45, 2.75) is 32.6 Å². The lowest BCUT2D eigenvalue weighted by Crippen LogP contribution is -2.45. The van der Waals surface area contributed by atoms with Gasteiger partial charge < -0.3 is 34.9 Å². The van der Waals surface area contributed by atoms with Gasteiger partial charge in [-0.15, -0.1) is 0 Å². The molecule has 0 spiro atoms. The minimum atomic E-state index is -0.641. The summed E-state index contributed by atoms with van der Waals surface area (Å²) in [6.45, 7) is 5.63. The third kappa shape index (κ3) is 6.26. The number of nitrogens with one attached hydrogen (secondary N) is 1. The molecular formula is C23H30N4O6. The fraction of sp³-hybridized carbons (Fsp3) is 0.435. The Morgan fingerprint density at radius 2 is 1.79 bits per heavy atom. The lowest BCUT2D eigenvalue weighted by Gasteiger charge is -2.36. The number of amides is 2. The van der Waals surface area contributed by atoms with Crippen molar-refractivity contribution in [1.29, 1.82) is 0 Å². The first kappa shape index (κ1) is 24.1. The molecule has 1 aliphatic heterocycles. The van der Waals surface area contributed by atoms with E-state index in [2.05, 4.69) is 15.2 Å². The van der Waals surface area contributed by atoms with Crippen LogP contribution >= 0.6 is 0 Å². The molecule has 1 fully saturated rings. The Labute approximate surface area is 193 Å². The van der Waals surface area contributed by atoms with Crippen LogP contribution in [0.4, 0.5) is 5.82 Å². The van der Waals surface area contributed by atoms with Crippen LogP contribution in [0.5, 0.6) is 17.2 Å². The summed E-state index contributed by atoms with van der Waals surface area (Å²) in [7, 11) is 2.85. The standard InChI is InChI=1S/C23H30N4O6/c1-14-11-27(12-15(2)33-14)21-6-5-16(9-25-21)10-26-23(29)17-7-18(30-3)22(19(8-17)31-4)32-13-20(24)28/h5-9,14-15H,10-13H2,1-4H3,(H2,24,28)(H,26,29). The van der Waals surface area contributed by atoms with Crippen LogP contribution in [-0.2, 0) is 16.1 Å². The molecule has 178 valence electrons. The third-order valence-electron chi connectivity index (χ3n) is 5.09. The number of morpholine rings is 1. The number of ether oxygens (including phenoxy) is 4. The van der Waals surface area contributed by atoms with Gasteiger partial charge in [-0.05, 0) is 37.6 Å². The molecule has 0 saturated carbocycles. The fourth-order valence-corrected chi connectivity index (χ4v) is 3.65. The first-order chi connectivity index (χ1) is 15.8. The number of benzene rings is 1. The second kappa shape index (κ2) is 10.9. The number of aromatic nitrogens is 1. The average molecular weight is 459 g/mol. The minimum Gasteiger partial charge on any atom is -0.493 e. The Kier molecular flexibility index (Phi) is 7.94. The lowest BCUT2D eigenvalue weighted by molar-refractivity contribution is -0.120. The molecule has 2 aromatic rings. The highest BCUT2D eigenvalue weighted by Gasteiger charge is 2.23. The zero-order chi connectivity index (χ0) is 24.0. The third-order valence-corrected chi connectivity index (χ3v) is 5.09. The Hall–Kier alpha value is -3.53. The molecule has 33 heavy (non-hydrogen) atoms. The van der Waals surface area contributed by atoms with Gasteiger partial charge in [0, 0.05) is 31.4 Å². The average Bonchev–Trinajstić information content (AvgIpc) is 2.80. The summed E-state index contributed by atoms with van der Waals surface area (Å²) in [4.78, 5) is 30.5. The van der Waals surface area contributed by atoms with E-state index in [0.29, 0.717) is 12.1 Å². The molecule has 0 bridgehead atoms. The summed E-state index contributed by atoms with van der Waals surface area (Å²) < 4.78 is 21.7. The largest absolute Gasteiger partial charge is 0.493 e. The SMILES string of the molecule is COc1cc(C(=O)NCc2ccc(N3CC(C)OC(C)C3)nc2)cc(OC)c1OCC(N)=O. The van der Waals surface area contributed by atoms with E-state index in [1.807, 2.05) is 26.0 Å². The molecule has 10 nitrogen and oxygen atoms in total. The van der Waals surface area contributed by atoms with Crippen molar-refractivity contribution in [2.24, 2.45) is 5.73 Å². The number of carbonyl (C=O) groups is 2. The first-order valence-electron chi connectivity index (χ1n) is 10.6. The minimum absolute atomic E-state index is 0.149. The van der Waals surface area contributed by atoms with E-state index in [9.17, 15) is 9.59 Å². The Morgan fingerprint density at radius 1 is 1.15 bits per heavy atom. The molecule has 1 aromatic heterocycles. The van der Waals surface area contributed by atoms with Crippen molar-refractivity contribution in [3.8, 4) is 17.2 Å². The van der Waals surface area contributed by atoms with E-state index < -0.39 is 5.91 Å². The number of primary amides is 1. The lowest BCUT2D eigenvalue weighted by atomic mass is 10.1. The second-order valence-corrected chi connectivity index (χ2v) is 7.83. The molecule has 2 amide bonds. The van der Waals surface area contributed by atoms with Gasteiger partial charge in [0.2, 0.25) is 5.75 Å². The molecule has 1 aromatic carbocycles.